The number of hydrogen-bond acceptors (Lipinski definition) is 3. The fraction of sp³-hybridized carbons (Fsp3) is 0.789. The van der Waals surface area contributed by atoms with Crippen LogP contribution < -0.4 is 0 Å². The van der Waals surface area contributed by atoms with Gasteiger partial charge < -0.3 is 15.3 Å². The molecule has 0 aromatic heterocycles. The summed E-state index contributed by atoms with van der Waals surface area (Å²) < 4.78 is 14.2. The number of alkyl halides is 1. The molecule has 0 aliphatic heterocycles. The first-order valence-electron chi connectivity index (χ1n) is 8.86. The summed E-state index contributed by atoms with van der Waals surface area (Å²) in [6, 6.07) is 0. The Morgan fingerprint density at radius 3 is 2.65 bits per heavy atom. The van der Waals surface area contributed by atoms with Gasteiger partial charge in [-0.05, 0) is 48.9 Å². The highest BCUT2D eigenvalue weighted by Crippen LogP contribution is 2.64. The molecular formula is C19H27FO3. The Labute approximate surface area is 136 Å². The Kier molecular flexibility index (Phi) is 3.37. The normalized spacial score (nSPS) is 58.2. The van der Waals surface area contributed by atoms with Crippen LogP contribution in [-0.2, 0) is 0 Å². The molecule has 0 unspecified atom stereocenters. The van der Waals surface area contributed by atoms with E-state index >= 15 is 0 Å². The Bertz CT molecular complexity index is 573. The predicted octanol–water partition coefficient (Wildman–Crippen LogP) is 2.37. The van der Waals surface area contributed by atoms with Crippen LogP contribution in [0, 0.1) is 28.6 Å². The molecule has 3 N–H and O–H groups in total. The van der Waals surface area contributed by atoms with E-state index in [0.717, 1.165) is 18.4 Å². The molecule has 0 saturated heterocycles. The molecular weight excluding hydrogens is 295 g/mol. The summed E-state index contributed by atoms with van der Waals surface area (Å²) in [4.78, 5) is 0. The minimum atomic E-state index is -1.18. The van der Waals surface area contributed by atoms with Crippen molar-refractivity contribution < 1.29 is 19.7 Å². The van der Waals surface area contributed by atoms with Crippen molar-refractivity contribution >= 4 is 0 Å². The van der Waals surface area contributed by atoms with Gasteiger partial charge in [0, 0.05) is 5.41 Å². The van der Waals surface area contributed by atoms with E-state index in [1.807, 2.05) is 19.1 Å². The second kappa shape index (κ2) is 4.90. The summed E-state index contributed by atoms with van der Waals surface area (Å²) >= 11 is 0. The molecule has 0 radical (unpaired) electrons. The third kappa shape index (κ3) is 1.98. The first kappa shape index (κ1) is 15.8. The molecule has 0 bridgehead atoms. The average molecular weight is 322 g/mol. The van der Waals surface area contributed by atoms with Gasteiger partial charge in [-0.2, -0.15) is 0 Å². The van der Waals surface area contributed by atoms with Gasteiger partial charge in [0.15, 0.2) is 0 Å². The quantitative estimate of drug-likeness (QED) is 0.600. The molecule has 4 aliphatic rings. The summed E-state index contributed by atoms with van der Waals surface area (Å²) in [6.07, 6.45) is 5.28. The Morgan fingerprint density at radius 2 is 1.91 bits per heavy atom. The van der Waals surface area contributed by atoms with Crippen molar-refractivity contribution in [1.29, 1.82) is 0 Å². The zero-order chi connectivity index (χ0) is 16.6. The first-order valence-corrected chi connectivity index (χ1v) is 8.86. The van der Waals surface area contributed by atoms with Gasteiger partial charge in [0.05, 0.1) is 18.3 Å². The van der Waals surface area contributed by atoms with Crippen LogP contribution in [-0.4, -0.2) is 39.8 Å². The van der Waals surface area contributed by atoms with Crippen LogP contribution >= 0.6 is 0 Å². The van der Waals surface area contributed by atoms with Crippen molar-refractivity contribution in [2.45, 2.75) is 64.0 Å². The fourth-order valence-electron chi connectivity index (χ4n) is 6.18. The lowest BCUT2D eigenvalue weighted by Gasteiger charge is -2.57. The van der Waals surface area contributed by atoms with Gasteiger partial charge >= 0.3 is 0 Å². The lowest BCUT2D eigenvalue weighted by molar-refractivity contribution is -0.0939. The fourth-order valence-corrected chi connectivity index (χ4v) is 6.18. The van der Waals surface area contributed by atoms with Gasteiger partial charge in [0.2, 0.25) is 0 Å². The van der Waals surface area contributed by atoms with Gasteiger partial charge in [0.1, 0.15) is 6.17 Å². The van der Waals surface area contributed by atoms with E-state index in [-0.39, 0.29) is 23.2 Å². The maximum absolute atomic E-state index is 14.2. The highest BCUT2D eigenvalue weighted by molar-refractivity contribution is 5.34. The molecule has 23 heavy (non-hydrogen) atoms. The first-order chi connectivity index (χ1) is 10.8. The maximum atomic E-state index is 14.2. The van der Waals surface area contributed by atoms with E-state index in [9.17, 15) is 19.7 Å². The van der Waals surface area contributed by atoms with Crippen LogP contribution in [0.3, 0.4) is 0 Å². The molecule has 2 saturated carbocycles. The standard InChI is InChI=1S/C19H27FO3/c1-18-5-3-11(21)7-10(18)8-15(22)16-12(18)4-6-19(2)13(16)9-14(20)17(19)23/h3,5,8,11-17,21-23H,4,6-7,9H2,1-2H3/t11-,12-,13-,14-,15-,16+,17-,18-,19-/m0/s1. The molecule has 9 atom stereocenters. The van der Waals surface area contributed by atoms with Crippen LogP contribution in [0.1, 0.15) is 39.5 Å². The van der Waals surface area contributed by atoms with Crippen molar-refractivity contribution in [3.8, 4) is 0 Å². The zero-order valence-electron chi connectivity index (χ0n) is 13.8. The second-order valence-electron chi connectivity index (χ2n) is 8.63. The van der Waals surface area contributed by atoms with E-state index in [1.54, 1.807) is 0 Å². The molecule has 0 amide bonds. The summed E-state index contributed by atoms with van der Waals surface area (Å²) in [5.41, 5.74) is 0.519. The third-order valence-corrected chi connectivity index (χ3v) is 7.59. The van der Waals surface area contributed by atoms with E-state index in [1.165, 1.54) is 0 Å². The number of hydrogen-bond donors (Lipinski definition) is 3. The van der Waals surface area contributed by atoms with Crippen LogP contribution in [0.5, 0.6) is 0 Å². The van der Waals surface area contributed by atoms with Crippen LogP contribution in [0.4, 0.5) is 4.39 Å². The SMILES string of the molecule is C[C@]12CC[C@H]3[C@@H]([C@@H](O)C=C4C[C@@H](O)C=C[C@@]43C)[C@@H]1C[C@H](F)[C@@H]2O. The Hall–Kier alpha value is -0.710. The van der Waals surface area contributed by atoms with Crippen LogP contribution in [0.25, 0.3) is 0 Å². The Balaban J connectivity index is 1.76. The smallest absolute Gasteiger partial charge is 0.127 e. The molecule has 0 aromatic carbocycles. The molecule has 0 heterocycles. The number of rotatable bonds is 0. The molecule has 4 aliphatic carbocycles. The van der Waals surface area contributed by atoms with E-state index in [4.69, 9.17) is 0 Å². The molecule has 4 rings (SSSR count). The summed E-state index contributed by atoms with van der Waals surface area (Å²) in [5, 5.41) is 31.0. The lowest BCUT2D eigenvalue weighted by Crippen LogP contribution is -2.54. The number of aliphatic hydroxyl groups is 3. The number of allylic oxidation sites excluding steroid dienone is 1. The highest BCUT2D eigenvalue weighted by atomic mass is 19.1. The molecule has 3 nitrogen and oxygen atoms in total. The summed E-state index contributed by atoms with van der Waals surface area (Å²) in [6.45, 7) is 4.18. The number of halogens is 1. The van der Waals surface area contributed by atoms with Gasteiger partial charge in [0.25, 0.3) is 0 Å². The van der Waals surface area contributed by atoms with E-state index in [2.05, 4.69) is 13.0 Å². The van der Waals surface area contributed by atoms with Gasteiger partial charge in [-0.15, -0.1) is 0 Å². The molecule has 4 heteroatoms. The van der Waals surface area contributed by atoms with Crippen molar-refractivity contribution in [3.05, 3.63) is 23.8 Å². The number of fused-ring (bicyclic) bond motifs is 5. The van der Waals surface area contributed by atoms with Gasteiger partial charge in [-0.1, -0.05) is 37.6 Å². The van der Waals surface area contributed by atoms with E-state index < -0.39 is 29.9 Å². The van der Waals surface area contributed by atoms with Crippen LogP contribution in [0.15, 0.2) is 23.8 Å². The van der Waals surface area contributed by atoms with Crippen molar-refractivity contribution in [2.24, 2.45) is 28.6 Å². The highest BCUT2D eigenvalue weighted by Gasteiger charge is 2.62. The topological polar surface area (TPSA) is 60.7 Å². The minimum absolute atomic E-state index is 0.0103. The summed E-state index contributed by atoms with van der Waals surface area (Å²) in [5.74, 6) is 0.241. The van der Waals surface area contributed by atoms with Gasteiger partial charge in [-0.3, -0.25) is 0 Å². The third-order valence-electron chi connectivity index (χ3n) is 7.59. The average Bonchev–Trinajstić information content (AvgIpc) is 2.73. The van der Waals surface area contributed by atoms with E-state index in [0.29, 0.717) is 12.8 Å². The lowest BCUT2D eigenvalue weighted by atomic mass is 9.48. The largest absolute Gasteiger partial charge is 0.390 e. The molecule has 128 valence electrons. The van der Waals surface area contributed by atoms with Crippen molar-refractivity contribution in [3.63, 3.8) is 0 Å². The molecule has 2 fully saturated rings. The summed E-state index contributed by atoms with van der Waals surface area (Å²) in [7, 11) is 0. The van der Waals surface area contributed by atoms with Crippen molar-refractivity contribution in [2.75, 3.05) is 0 Å². The zero-order valence-corrected chi connectivity index (χ0v) is 13.8. The molecule has 0 aromatic rings. The predicted molar refractivity (Wildman–Crippen MR) is 85.3 cm³/mol. The molecule has 0 spiro atoms. The van der Waals surface area contributed by atoms with Crippen molar-refractivity contribution in [1.82, 2.24) is 0 Å². The Morgan fingerprint density at radius 1 is 1.17 bits per heavy atom. The maximum Gasteiger partial charge on any atom is 0.127 e. The number of aliphatic hydroxyl groups excluding tert-OH is 3. The second-order valence-corrected chi connectivity index (χ2v) is 8.63. The monoisotopic (exact) mass is 322 g/mol. The van der Waals surface area contributed by atoms with Gasteiger partial charge in [-0.25, -0.2) is 4.39 Å². The van der Waals surface area contributed by atoms with Crippen LogP contribution in [0.2, 0.25) is 0 Å². The minimum Gasteiger partial charge on any atom is -0.390 e.